The summed E-state index contributed by atoms with van der Waals surface area (Å²) in [5.41, 5.74) is 1.27. The molecular weight excluding hydrogens is 222 g/mol. The summed E-state index contributed by atoms with van der Waals surface area (Å²) < 4.78 is 0. The van der Waals surface area contributed by atoms with E-state index in [4.69, 9.17) is 0 Å². The summed E-state index contributed by atoms with van der Waals surface area (Å²) in [6, 6.07) is 10.5. The normalized spacial score (nSPS) is 15.8. The smallest absolute Gasteiger partial charge is 0.223 e. The molecule has 3 atom stereocenters. The van der Waals surface area contributed by atoms with E-state index in [9.17, 15) is 4.79 Å². The highest BCUT2D eigenvalue weighted by Crippen LogP contribution is 2.15. The molecule has 100 valence electrons. The minimum absolute atomic E-state index is 0.0909. The summed E-state index contributed by atoms with van der Waals surface area (Å²) in [5.74, 6) is 0.704. The van der Waals surface area contributed by atoms with Crippen molar-refractivity contribution in [2.45, 2.75) is 46.6 Å². The van der Waals surface area contributed by atoms with E-state index in [-0.39, 0.29) is 17.9 Å². The van der Waals surface area contributed by atoms with Crippen molar-refractivity contribution in [2.75, 3.05) is 0 Å². The van der Waals surface area contributed by atoms with Gasteiger partial charge in [0.2, 0.25) is 5.91 Å². The Morgan fingerprint density at radius 3 is 2.33 bits per heavy atom. The van der Waals surface area contributed by atoms with Crippen molar-refractivity contribution in [3.05, 3.63) is 35.9 Å². The van der Waals surface area contributed by atoms with Crippen molar-refractivity contribution in [1.82, 2.24) is 5.32 Å². The molecule has 1 aromatic rings. The predicted octanol–water partition coefficient (Wildman–Crippen LogP) is 3.42. The Labute approximate surface area is 111 Å². The number of carbonyl (C=O) groups excluding carboxylic acids is 1. The Morgan fingerprint density at radius 2 is 1.78 bits per heavy atom. The molecule has 0 saturated heterocycles. The highest BCUT2D eigenvalue weighted by Gasteiger charge is 2.20. The number of hydrogen-bond donors (Lipinski definition) is 1. The van der Waals surface area contributed by atoms with Crippen molar-refractivity contribution in [3.8, 4) is 0 Å². The number of rotatable bonds is 6. The Balaban J connectivity index is 2.45. The van der Waals surface area contributed by atoms with E-state index < -0.39 is 0 Å². The topological polar surface area (TPSA) is 29.1 Å². The average Bonchev–Trinajstić information content (AvgIpc) is 2.37. The maximum atomic E-state index is 12.0. The minimum atomic E-state index is 0.0909. The zero-order valence-corrected chi connectivity index (χ0v) is 11.9. The first kappa shape index (κ1) is 14.7. The molecule has 0 aliphatic rings. The molecule has 0 fully saturated rings. The van der Waals surface area contributed by atoms with Gasteiger partial charge in [0, 0.05) is 12.0 Å². The molecule has 1 rings (SSSR count). The lowest BCUT2D eigenvalue weighted by atomic mass is 9.92. The fraction of sp³-hybridized carbons (Fsp3) is 0.562. The lowest BCUT2D eigenvalue weighted by molar-refractivity contribution is -0.126. The van der Waals surface area contributed by atoms with E-state index in [1.807, 2.05) is 25.1 Å². The molecule has 18 heavy (non-hydrogen) atoms. The number of carbonyl (C=O) groups is 1. The quantitative estimate of drug-likeness (QED) is 0.820. The molecule has 0 aliphatic heterocycles. The Morgan fingerprint density at radius 1 is 1.17 bits per heavy atom. The van der Waals surface area contributed by atoms with Gasteiger partial charge >= 0.3 is 0 Å². The van der Waals surface area contributed by atoms with E-state index in [1.165, 1.54) is 5.56 Å². The zero-order chi connectivity index (χ0) is 13.5. The van der Waals surface area contributed by atoms with Gasteiger partial charge in [-0.05, 0) is 24.8 Å². The van der Waals surface area contributed by atoms with Gasteiger partial charge in [-0.25, -0.2) is 0 Å². The maximum absolute atomic E-state index is 12.0. The van der Waals surface area contributed by atoms with E-state index in [1.54, 1.807) is 0 Å². The fourth-order valence-electron chi connectivity index (χ4n) is 2.00. The Hall–Kier alpha value is -1.31. The molecular formula is C16H25NO. The van der Waals surface area contributed by atoms with Crippen molar-refractivity contribution in [2.24, 2.45) is 11.8 Å². The van der Waals surface area contributed by atoms with Gasteiger partial charge in [0.15, 0.2) is 0 Å². The number of hydrogen-bond acceptors (Lipinski definition) is 1. The third-order valence-electron chi connectivity index (χ3n) is 3.68. The van der Waals surface area contributed by atoms with E-state index in [2.05, 4.69) is 38.2 Å². The van der Waals surface area contributed by atoms with Crippen LogP contribution in [0.1, 0.15) is 39.7 Å². The second kappa shape index (κ2) is 7.20. The summed E-state index contributed by atoms with van der Waals surface area (Å²) in [6.07, 6.45) is 1.93. The van der Waals surface area contributed by atoms with Gasteiger partial charge in [0.05, 0.1) is 0 Å². The molecule has 0 heterocycles. The standard InChI is InChI=1S/C16H25NO/c1-5-12(2)14(4)16(18)17-13(3)11-15-9-7-6-8-10-15/h6-10,12-14H,5,11H2,1-4H3,(H,17,18). The second-order valence-electron chi connectivity index (χ2n) is 5.27. The van der Waals surface area contributed by atoms with Gasteiger partial charge in [0.1, 0.15) is 0 Å². The molecule has 1 N–H and O–H groups in total. The molecule has 1 aromatic carbocycles. The maximum Gasteiger partial charge on any atom is 0.223 e. The average molecular weight is 247 g/mol. The van der Waals surface area contributed by atoms with Crippen LogP contribution in [0.3, 0.4) is 0 Å². The van der Waals surface area contributed by atoms with Crippen LogP contribution in [-0.4, -0.2) is 11.9 Å². The van der Waals surface area contributed by atoms with Gasteiger partial charge in [-0.3, -0.25) is 4.79 Å². The third-order valence-corrected chi connectivity index (χ3v) is 3.68. The van der Waals surface area contributed by atoms with Crippen molar-refractivity contribution in [1.29, 1.82) is 0 Å². The highest BCUT2D eigenvalue weighted by molar-refractivity contribution is 5.78. The second-order valence-corrected chi connectivity index (χ2v) is 5.27. The molecule has 0 aromatic heterocycles. The molecule has 0 aliphatic carbocycles. The molecule has 2 nitrogen and oxygen atoms in total. The lowest BCUT2D eigenvalue weighted by Crippen LogP contribution is -2.39. The zero-order valence-electron chi connectivity index (χ0n) is 11.9. The van der Waals surface area contributed by atoms with Crippen LogP contribution in [0.15, 0.2) is 30.3 Å². The van der Waals surface area contributed by atoms with Crippen LogP contribution in [0.2, 0.25) is 0 Å². The van der Waals surface area contributed by atoms with Crippen LogP contribution in [0.4, 0.5) is 0 Å². The first-order valence-electron chi connectivity index (χ1n) is 6.88. The van der Waals surface area contributed by atoms with E-state index >= 15 is 0 Å². The first-order chi connectivity index (χ1) is 8.54. The summed E-state index contributed by atoms with van der Waals surface area (Å²) in [4.78, 5) is 12.0. The van der Waals surface area contributed by atoms with E-state index in [0.717, 1.165) is 12.8 Å². The van der Waals surface area contributed by atoms with Crippen molar-refractivity contribution in [3.63, 3.8) is 0 Å². The van der Waals surface area contributed by atoms with Crippen LogP contribution < -0.4 is 5.32 Å². The molecule has 0 saturated carbocycles. The summed E-state index contributed by atoms with van der Waals surface area (Å²) in [5, 5.41) is 3.10. The van der Waals surface area contributed by atoms with Gasteiger partial charge < -0.3 is 5.32 Å². The van der Waals surface area contributed by atoms with Crippen LogP contribution in [0, 0.1) is 11.8 Å². The fourth-order valence-corrected chi connectivity index (χ4v) is 2.00. The summed E-state index contributed by atoms with van der Waals surface area (Å²) in [6.45, 7) is 8.33. The lowest BCUT2D eigenvalue weighted by Gasteiger charge is -2.21. The Bertz CT molecular complexity index is 361. The third kappa shape index (κ3) is 4.52. The van der Waals surface area contributed by atoms with Crippen LogP contribution >= 0.6 is 0 Å². The van der Waals surface area contributed by atoms with Gasteiger partial charge in [-0.2, -0.15) is 0 Å². The molecule has 3 unspecified atom stereocenters. The number of amides is 1. The van der Waals surface area contributed by atoms with Gasteiger partial charge in [0.25, 0.3) is 0 Å². The summed E-state index contributed by atoms with van der Waals surface area (Å²) in [7, 11) is 0. The van der Waals surface area contributed by atoms with Gasteiger partial charge in [-0.15, -0.1) is 0 Å². The number of benzene rings is 1. The van der Waals surface area contributed by atoms with Crippen LogP contribution in [0.25, 0.3) is 0 Å². The van der Waals surface area contributed by atoms with Crippen LogP contribution in [-0.2, 0) is 11.2 Å². The minimum Gasteiger partial charge on any atom is -0.353 e. The molecule has 0 radical (unpaired) electrons. The Kier molecular flexibility index (Phi) is 5.90. The van der Waals surface area contributed by atoms with Crippen LogP contribution in [0.5, 0.6) is 0 Å². The highest BCUT2D eigenvalue weighted by atomic mass is 16.1. The first-order valence-corrected chi connectivity index (χ1v) is 6.88. The molecule has 1 amide bonds. The molecule has 0 bridgehead atoms. The van der Waals surface area contributed by atoms with E-state index in [0.29, 0.717) is 5.92 Å². The SMILES string of the molecule is CCC(C)C(C)C(=O)NC(C)Cc1ccccc1. The summed E-state index contributed by atoms with van der Waals surface area (Å²) >= 11 is 0. The van der Waals surface area contributed by atoms with Crippen molar-refractivity contribution >= 4 is 5.91 Å². The monoisotopic (exact) mass is 247 g/mol. The van der Waals surface area contributed by atoms with Gasteiger partial charge in [-0.1, -0.05) is 57.5 Å². The molecule has 0 spiro atoms. The largest absolute Gasteiger partial charge is 0.353 e. The number of nitrogens with one attached hydrogen (secondary N) is 1. The molecule has 2 heteroatoms. The predicted molar refractivity (Wildman–Crippen MR) is 76.4 cm³/mol. The van der Waals surface area contributed by atoms with Crippen molar-refractivity contribution < 1.29 is 4.79 Å².